The predicted molar refractivity (Wildman–Crippen MR) is 78.6 cm³/mol. The summed E-state index contributed by atoms with van der Waals surface area (Å²) in [7, 11) is 0. The Hall–Kier alpha value is -1.78. The molecule has 0 saturated heterocycles. The molecule has 0 unspecified atom stereocenters. The molecule has 2 N–H and O–H groups in total. The topological polar surface area (TPSA) is 54.3 Å². The molecule has 1 aromatic heterocycles. The van der Waals surface area contributed by atoms with Gasteiger partial charge >= 0.3 is 0 Å². The number of carbonyl (C=O) groups excluding carboxylic acids is 1. The van der Waals surface area contributed by atoms with Gasteiger partial charge in [0.05, 0.1) is 19.4 Å². The molecule has 106 valence electrons. The second-order valence-corrected chi connectivity index (χ2v) is 4.85. The molecule has 4 nitrogen and oxygen atoms in total. The quantitative estimate of drug-likeness (QED) is 0.771. The Bertz CT molecular complexity index is 541. The highest BCUT2D eigenvalue weighted by Crippen LogP contribution is 2.10. The van der Waals surface area contributed by atoms with Gasteiger partial charge in [-0.05, 0) is 42.8 Å². The number of amides is 1. The van der Waals surface area contributed by atoms with E-state index in [1.165, 1.54) is 0 Å². The molecule has 0 aliphatic rings. The highest BCUT2D eigenvalue weighted by Gasteiger charge is 2.02. The van der Waals surface area contributed by atoms with Crippen molar-refractivity contribution in [3.8, 4) is 0 Å². The summed E-state index contributed by atoms with van der Waals surface area (Å²) < 4.78 is 5.13. The number of hydrogen-bond donors (Lipinski definition) is 2. The van der Waals surface area contributed by atoms with E-state index in [2.05, 4.69) is 10.6 Å². The van der Waals surface area contributed by atoms with Crippen molar-refractivity contribution in [3.63, 3.8) is 0 Å². The first-order valence-corrected chi connectivity index (χ1v) is 6.86. The van der Waals surface area contributed by atoms with Crippen molar-refractivity contribution >= 4 is 17.5 Å². The SMILES string of the molecule is O=C(CNCCc1cccc(Cl)c1)NCc1ccco1. The monoisotopic (exact) mass is 292 g/mol. The Balaban J connectivity index is 1.59. The molecule has 5 heteroatoms. The number of benzene rings is 1. The van der Waals surface area contributed by atoms with Gasteiger partial charge in [0.1, 0.15) is 5.76 Å². The Labute approximate surface area is 123 Å². The molecule has 0 bridgehead atoms. The predicted octanol–water partition coefficient (Wildman–Crippen LogP) is 2.38. The van der Waals surface area contributed by atoms with Crippen LogP contribution < -0.4 is 10.6 Å². The maximum atomic E-state index is 11.6. The third kappa shape index (κ3) is 5.07. The first kappa shape index (κ1) is 14.6. The van der Waals surface area contributed by atoms with Gasteiger partial charge in [-0.1, -0.05) is 23.7 Å². The van der Waals surface area contributed by atoms with E-state index in [1.807, 2.05) is 30.3 Å². The third-order valence-corrected chi connectivity index (χ3v) is 3.04. The van der Waals surface area contributed by atoms with Gasteiger partial charge in [-0.25, -0.2) is 0 Å². The van der Waals surface area contributed by atoms with Crippen molar-refractivity contribution in [2.24, 2.45) is 0 Å². The van der Waals surface area contributed by atoms with Crippen LogP contribution >= 0.6 is 11.6 Å². The van der Waals surface area contributed by atoms with Crippen LogP contribution in [-0.4, -0.2) is 19.0 Å². The zero-order chi connectivity index (χ0) is 14.2. The molecule has 0 saturated carbocycles. The van der Waals surface area contributed by atoms with Gasteiger partial charge in [-0.15, -0.1) is 0 Å². The van der Waals surface area contributed by atoms with Crippen LogP contribution in [-0.2, 0) is 17.8 Å². The fraction of sp³-hybridized carbons (Fsp3) is 0.267. The lowest BCUT2D eigenvalue weighted by atomic mass is 10.1. The van der Waals surface area contributed by atoms with Gasteiger partial charge in [0.25, 0.3) is 0 Å². The lowest BCUT2D eigenvalue weighted by Gasteiger charge is -2.06. The molecule has 0 spiro atoms. The number of furan rings is 1. The molecular weight excluding hydrogens is 276 g/mol. The Kier molecular flexibility index (Phi) is 5.65. The van der Waals surface area contributed by atoms with Crippen LogP contribution in [0.4, 0.5) is 0 Å². The molecular formula is C15H17ClN2O2. The minimum atomic E-state index is -0.0486. The number of carbonyl (C=O) groups is 1. The zero-order valence-electron chi connectivity index (χ0n) is 11.1. The van der Waals surface area contributed by atoms with Crippen LogP contribution in [0.3, 0.4) is 0 Å². The van der Waals surface area contributed by atoms with Crippen molar-refractivity contribution in [1.29, 1.82) is 0 Å². The van der Waals surface area contributed by atoms with Gasteiger partial charge in [0.15, 0.2) is 0 Å². The average molecular weight is 293 g/mol. The number of nitrogens with one attached hydrogen (secondary N) is 2. The molecule has 2 aromatic rings. The molecule has 0 aliphatic heterocycles. The van der Waals surface area contributed by atoms with Gasteiger partial charge in [0.2, 0.25) is 5.91 Å². The minimum Gasteiger partial charge on any atom is -0.467 e. The average Bonchev–Trinajstić information content (AvgIpc) is 2.95. The molecule has 2 rings (SSSR count). The van der Waals surface area contributed by atoms with E-state index in [-0.39, 0.29) is 5.91 Å². The van der Waals surface area contributed by atoms with Crippen molar-refractivity contribution in [3.05, 3.63) is 59.0 Å². The smallest absolute Gasteiger partial charge is 0.234 e. The van der Waals surface area contributed by atoms with Crippen LogP contribution in [0.25, 0.3) is 0 Å². The molecule has 0 atom stereocenters. The Morgan fingerprint density at radius 2 is 2.15 bits per heavy atom. The van der Waals surface area contributed by atoms with Gasteiger partial charge in [0, 0.05) is 5.02 Å². The Morgan fingerprint density at radius 3 is 2.90 bits per heavy atom. The molecule has 0 radical (unpaired) electrons. The summed E-state index contributed by atoms with van der Waals surface area (Å²) in [5.74, 6) is 0.699. The first-order chi connectivity index (χ1) is 9.74. The van der Waals surface area contributed by atoms with Crippen molar-refractivity contribution < 1.29 is 9.21 Å². The molecule has 20 heavy (non-hydrogen) atoms. The van der Waals surface area contributed by atoms with E-state index < -0.39 is 0 Å². The van der Waals surface area contributed by atoms with Crippen LogP contribution in [0.1, 0.15) is 11.3 Å². The molecule has 1 aromatic carbocycles. The normalized spacial score (nSPS) is 10.4. The second kappa shape index (κ2) is 7.72. The van der Waals surface area contributed by atoms with Crippen LogP contribution in [0.15, 0.2) is 47.1 Å². The minimum absolute atomic E-state index is 0.0486. The van der Waals surface area contributed by atoms with Crippen LogP contribution in [0.5, 0.6) is 0 Å². The number of halogens is 1. The fourth-order valence-corrected chi connectivity index (χ4v) is 2.00. The second-order valence-electron chi connectivity index (χ2n) is 4.41. The van der Waals surface area contributed by atoms with Crippen molar-refractivity contribution in [1.82, 2.24) is 10.6 Å². The largest absolute Gasteiger partial charge is 0.467 e. The summed E-state index contributed by atoms with van der Waals surface area (Å²) in [6.07, 6.45) is 2.43. The molecule has 0 aliphatic carbocycles. The molecule has 1 amide bonds. The maximum absolute atomic E-state index is 11.6. The van der Waals surface area contributed by atoms with E-state index in [0.717, 1.165) is 29.3 Å². The van der Waals surface area contributed by atoms with Crippen LogP contribution in [0, 0.1) is 0 Å². The van der Waals surface area contributed by atoms with E-state index in [9.17, 15) is 4.79 Å². The lowest BCUT2D eigenvalue weighted by Crippen LogP contribution is -2.34. The Morgan fingerprint density at radius 1 is 1.25 bits per heavy atom. The maximum Gasteiger partial charge on any atom is 0.234 e. The standard InChI is InChI=1S/C15H17ClN2O2/c16-13-4-1-3-12(9-13)6-7-17-11-15(19)18-10-14-5-2-8-20-14/h1-5,8-9,17H,6-7,10-11H2,(H,18,19). The fourth-order valence-electron chi connectivity index (χ4n) is 1.79. The highest BCUT2D eigenvalue weighted by atomic mass is 35.5. The van der Waals surface area contributed by atoms with E-state index in [0.29, 0.717) is 13.1 Å². The number of hydrogen-bond acceptors (Lipinski definition) is 3. The summed E-state index contributed by atoms with van der Waals surface area (Å²) in [5, 5.41) is 6.61. The first-order valence-electron chi connectivity index (χ1n) is 6.48. The summed E-state index contributed by atoms with van der Waals surface area (Å²) in [5.41, 5.74) is 1.15. The van der Waals surface area contributed by atoms with Crippen molar-refractivity contribution in [2.75, 3.05) is 13.1 Å². The summed E-state index contributed by atoms with van der Waals surface area (Å²) in [6.45, 7) is 1.44. The van der Waals surface area contributed by atoms with Gasteiger partial charge < -0.3 is 15.1 Å². The van der Waals surface area contributed by atoms with E-state index in [1.54, 1.807) is 12.3 Å². The summed E-state index contributed by atoms with van der Waals surface area (Å²) >= 11 is 5.90. The van der Waals surface area contributed by atoms with Gasteiger partial charge in [-0.2, -0.15) is 0 Å². The highest BCUT2D eigenvalue weighted by molar-refractivity contribution is 6.30. The number of rotatable bonds is 7. The molecule has 1 heterocycles. The summed E-state index contributed by atoms with van der Waals surface area (Å²) in [6, 6.07) is 11.3. The molecule has 0 fully saturated rings. The van der Waals surface area contributed by atoms with E-state index in [4.69, 9.17) is 16.0 Å². The zero-order valence-corrected chi connectivity index (χ0v) is 11.8. The van der Waals surface area contributed by atoms with Crippen LogP contribution in [0.2, 0.25) is 5.02 Å². The van der Waals surface area contributed by atoms with Gasteiger partial charge in [-0.3, -0.25) is 4.79 Å². The van der Waals surface area contributed by atoms with E-state index >= 15 is 0 Å². The van der Waals surface area contributed by atoms with Crippen molar-refractivity contribution in [2.45, 2.75) is 13.0 Å². The third-order valence-electron chi connectivity index (χ3n) is 2.80. The lowest BCUT2D eigenvalue weighted by molar-refractivity contribution is -0.120. The summed E-state index contributed by atoms with van der Waals surface area (Å²) in [4.78, 5) is 11.6.